The quantitative estimate of drug-likeness (QED) is 0.189. The van der Waals surface area contributed by atoms with Crippen LogP contribution in [0.2, 0.25) is 0 Å². The summed E-state index contributed by atoms with van der Waals surface area (Å²) in [7, 11) is 0. The first kappa shape index (κ1) is 16.9. The van der Waals surface area contributed by atoms with Gasteiger partial charge in [-0.2, -0.15) is 0 Å². The fourth-order valence-corrected chi connectivity index (χ4v) is 2.83. The van der Waals surface area contributed by atoms with Crippen molar-refractivity contribution >= 4 is 27.9 Å². The van der Waals surface area contributed by atoms with Gasteiger partial charge >= 0.3 is 0 Å². The number of ketones is 1. The van der Waals surface area contributed by atoms with E-state index in [1.807, 2.05) is 6.07 Å². The molecule has 0 atom stereocenters. The smallest absolute Gasteiger partial charge is 0.216 e. The summed E-state index contributed by atoms with van der Waals surface area (Å²) >= 11 is 0. The number of benzene rings is 1. The van der Waals surface area contributed by atoms with Gasteiger partial charge in [0.2, 0.25) is 5.71 Å². The van der Waals surface area contributed by atoms with Crippen molar-refractivity contribution in [1.29, 1.82) is 0 Å². The summed E-state index contributed by atoms with van der Waals surface area (Å²) < 4.78 is 44.2. The van der Waals surface area contributed by atoms with E-state index in [-0.39, 0.29) is 43.1 Å². The van der Waals surface area contributed by atoms with Crippen molar-refractivity contribution in [2.24, 2.45) is 0 Å². The van der Waals surface area contributed by atoms with Crippen LogP contribution in [0.4, 0.5) is 0 Å². The SMILES string of the molecule is CC(=O)/C=C(/C)O.[2H]C([2H])([2H])c1ccc2c(n1)oc1c(-c3cc(C([2H])([2H])C)ccn3)[c-]ccc12.[Ir]. The molecule has 5 nitrogen and oxygen atoms in total. The van der Waals surface area contributed by atoms with Crippen molar-refractivity contribution in [2.75, 3.05) is 0 Å². The van der Waals surface area contributed by atoms with Gasteiger partial charge in [0, 0.05) is 50.3 Å². The largest absolute Gasteiger partial charge is 0.512 e. The summed E-state index contributed by atoms with van der Waals surface area (Å²) in [6, 6.07) is 13.1. The molecule has 3 aromatic heterocycles. The Balaban J connectivity index is 0.000000476. The minimum absolute atomic E-state index is 0. The first-order valence-corrected chi connectivity index (χ1v) is 8.86. The number of aliphatic hydroxyl groups excluding tert-OH is 1. The third kappa shape index (κ3) is 5.41. The molecule has 0 bridgehead atoms. The number of pyridine rings is 2. The molecule has 0 amide bonds. The van der Waals surface area contributed by atoms with Crippen LogP contribution in [-0.2, 0) is 31.3 Å². The number of hydrogen-bond donors (Lipinski definition) is 1. The molecule has 6 heteroatoms. The number of aromatic nitrogens is 2. The van der Waals surface area contributed by atoms with Crippen molar-refractivity contribution in [2.45, 2.75) is 34.0 Å². The van der Waals surface area contributed by atoms with Gasteiger partial charge in [-0.1, -0.05) is 29.5 Å². The fourth-order valence-electron chi connectivity index (χ4n) is 2.83. The van der Waals surface area contributed by atoms with Crippen molar-refractivity contribution in [3.63, 3.8) is 0 Å². The van der Waals surface area contributed by atoms with Crippen LogP contribution < -0.4 is 0 Å². The molecule has 0 aliphatic carbocycles. The second kappa shape index (κ2) is 10.3. The van der Waals surface area contributed by atoms with Crippen LogP contribution in [-0.4, -0.2) is 20.9 Å². The minimum Gasteiger partial charge on any atom is -0.512 e. The number of aryl methyl sites for hydroxylation is 2. The zero-order valence-corrected chi connectivity index (χ0v) is 19.0. The second-order valence-electron chi connectivity index (χ2n) is 6.32. The summed E-state index contributed by atoms with van der Waals surface area (Å²) in [5.41, 5.74) is 2.30. The van der Waals surface area contributed by atoms with Crippen molar-refractivity contribution in [1.82, 2.24) is 9.97 Å². The predicted molar refractivity (Wildman–Crippen MR) is 115 cm³/mol. The summed E-state index contributed by atoms with van der Waals surface area (Å²) in [6.45, 7) is 2.02. The first-order chi connectivity index (χ1) is 15.8. The van der Waals surface area contributed by atoms with E-state index in [2.05, 4.69) is 16.0 Å². The average Bonchev–Trinajstić information content (AvgIpc) is 3.10. The number of rotatable bonds is 3. The fraction of sp³-hybridized carbons (Fsp3) is 0.208. The zero-order chi connectivity index (χ0) is 25.3. The van der Waals surface area contributed by atoms with Crippen molar-refractivity contribution in [3.8, 4) is 11.3 Å². The van der Waals surface area contributed by atoms with Crippen LogP contribution in [0.3, 0.4) is 0 Å². The molecule has 157 valence electrons. The minimum atomic E-state index is -2.31. The number of carbonyl (C=O) groups excluding carboxylic acids is 1. The van der Waals surface area contributed by atoms with Crippen LogP contribution in [0.5, 0.6) is 0 Å². The Hall–Kier alpha value is -2.82. The molecule has 0 saturated heterocycles. The third-order valence-corrected chi connectivity index (χ3v) is 4.02. The Bertz CT molecular complexity index is 1390. The normalized spacial score (nSPS) is 14.4. The zero-order valence-electron chi connectivity index (χ0n) is 21.6. The van der Waals surface area contributed by atoms with Crippen LogP contribution >= 0.6 is 0 Å². The molecule has 0 fully saturated rings. The Morgan fingerprint density at radius 1 is 1.30 bits per heavy atom. The van der Waals surface area contributed by atoms with E-state index in [0.717, 1.165) is 5.39 Å². The number of hydrogen-bond acceptors (Lipinski definition) is 5. The van der Waals surface area contributed by atoms with E-state index >= 15 is 0 Å². The standard InChI is InChI=1S/C19H15N2O.C5H8O2.Ir/c1-3-13-9-10-20-17(11-13)16-6-4-5-14-15-8-7-12(2)21-19(15)22-18(14)16;1-4(6)3-5(2)7;/h4-5,7-11H,3H2,1-2H3;3,6H,1-2H3;/q-1;;/b;4-3-;/i2D3,3D2;;. The van der Waals surface area contributed by atoms with E-state index in [1.165, 1.54) is 32.9 Å². The van der Waals surface area contributed by atoms with E-state index in [9.17, 15) is 4.79 Å². The molecule has 1 radical (unpaired) electrons. The Kier molecular flexibility index (Phi) is 5.80. The first-order valence-electron chi connectivity index (χ1n) is 11.4. The second-order valence-corrected chi connectivity index (χ2v) is 6.32. The number of nitrogens with zero attached hydrogens (tertiary/aromatic N) is 2. The number of fused-ring (bicyclic) bond motifs is 3. The molecule has 0 aliphatic heterocycles. The molecule has 3 heterocycles. The Labute approximate surface area is 196 Å². The van der Waals surface area contributed by atoms with Gasteiger partial charge in [0.05, 0.1) is 11.3 Å². The maximum absolute atomic E-state index is 10.0. The number of allylic oxidation sites excluding steroid dienone is 2. The van der Waals surface area contributed by atoms with Gasteiger partial charge in [-0.3, -0.25) is 4.79 Å². The van der Waals surface area contributed by atoms with Gasteiger partial charge in [-0.25, -0.2) is 4.98 Å². The molecule has 4 rings (SSSR count). The molecule has 30 heavy (non-hydrogen) atoms. The van der Waals surface area contributed by atoms with Crippen LogP contribution in [0.15, 0.2) is 58.8 Å². The summed E-state index contributed by atoms with van der Waals surface area (Å²) in [4.78, 5) is 18.5. The molecule has 0 saturated carbocycles. The molecular formula is C24H23IrN2O3-. The van der Waals surface area contributed by atoms with E-state index < -0.39 is 13.2 Å². The average molecular weight is 585 g/mol. The summed E-state index contributed by atoms with van der Waals surface area (Å²) in [5.74, 6) is -0.0625. The van der Waals surface area contributed by atoms with Crippen LogP contribution in [0.25, 0.3) is 33.3 Å². The van der Waals surface area contributed by atoms with E-state index in [1.54, 1.807) is 30.5 Å². The molecule has 1 aromatic carbocycles. The summed E-state index contributed by atoms with van der Waals surface area (Å²) in [6.07, 6.45) is 1.21. The van der Waals surface area contributed by atoms with E-state index in [0.29, 0.717) is 27.8 Å². The van der Waals surface area contributed by atoms with Gasteiger partial charge in [0.25, 0.3) is 0 Å². The molecule has 0 unspecified atom stereocenters. The van der Waals surface area contributed by atoms with Gasteiger partial charge < -0.3 is 14.5 Å². The van der Waals surface area contributed by atoms with Gasteiger partial charge in [-0.05, 0) is 51.0 Å². The number of carbonyl (C=O) groups is 1. The molecule has 0 spiro atoms. The monoisotopic (exact) mass is 585 g/mol. The van der Waals surface area contributed by atoms with Crippen LogP contribution in [0.1, 0.15) is 38.9 Å². The molecule has 0 aliphatic rings. The van der Waals surface area contributed by atoms with Gasteiger partial charge in [0.15, 0.2) is 5.78 Å². The topological polar surface area (TPSA) is 76.2 Å². The predicted octanol–water partition coefficient (Wildman–Crippen LogP) is 5.75. The van der Waals surface area contributed by atoms with Crippen molar-refractivity contribution in [3.05, 3.63) is 71.8 Å². The van der Waals surface area contributed by atoms with E-state index in [4.69, 9.17) is 16.4 Å². The number of furan rings is 1. The van der Waals surface area contributed by atoms with Crippen molar-refractivity contribution < 1.29 is 41.3 Å². The molecule has 1 N–H and O–H groups in total. The summed E-state index contributed by atoms with van der Waals surface area (Å²) in [5, 5.41) is 9.84. The van der Waals surface area contributed by atoms with Crippen LogP contribution in [0, 0.1) is 12.9 Å². The third-order valence-electron chi connectivity index (χ3n) is 4.02. The number of aliphatic hydroxyl groups is 1. The van der Waals surface area contributed by atoms with Gasteiger partial charge in [-0.15, -0.1) is 18.2 Å². The van der Waals surface area contributed by atoms with Gasteiger partial charge in [0.1, 0.15) is 0 Å². The Morgan fingerprint density at radius 3 is 2.73 bits per heavy atom. The Morgan fingerprint density at radius 2 is 2.10 bits per heavy atom. The maximum atomic E-state index is 10.0. The molecule has 4 aromatic rings. The maximum Gasteiger partial charge on any atom is 0.216 e. The molecular weight excluding hydrogens is 556 g/mol.